The first kappa shape index (κ1) is 14.1. The smallest absolute Gasteiger partial charge is 0.199 e. The number of hydrogen-bond acceptors (Lipinski definition) is 5. The molecule has 1 aliphatic rings. The Kier molecular flexibility index (Phi) is 4.63. The lowest BCUT2D eigenvalue weighted by atomic mass is 9.99. The first-order valence-electron chi connectivity index (χ1n) is 6.46. The van der Waals surface area contributed by atoms with Crippen LogP contribution in [0.25, 0.3) is 0 Å². The Morgan fingerprint density at radius 3 is 2.53 bits per heavy atom. The fourth-order valence-electron chi connectivity index (χ4n) is 2.31. The molecule has 1 aliphatic heterocycles. The van der Waals surface area contributed by atoms with Gasteiger partial charge in [0.15, 0.2) is 5.79 Å². The molecule has 1 heterocycles. The molecule has 1 fully saturated rings. The molecule has 0 bridgehead atoms. The van der Waals surface area contributed by atoms with Crippen LogP contribution in [0.3, 0.4) is 0 Å². The fraction of sp³-hybridized carbons (Fsp3) is 0.571. The van der Waals surface area contributed by atoms with E-state index in [1.54, 1.807) is 14.2 Å². The largest absolute Gasteiger partial charge is 0.497 e. The topological polar surface area (TPSA) is 62.9 Å². The van der Waals surface area contributed by atoms with Crippen LogP contribution in [-0.4, -0.2) is 34.0 Å². The maximum Gasteiger partial charge on any atom is 0.199 e. The van der Waals surface area contributed by atoms with Crippen LogP contribution < -0.4 is 15.2 Å². The molecule has 5 heteroatoms. The summed E-state index contributed by atoms with van der Waals surface area (Å²) in [4.78, 5) is 0. The van der Waals surface area contributed by atoms with Gasteiger partial charge >= 0.3 is 0 Å². The molecule has 0 amide bonds. The highest BCUT2D eigenvalue weighted by Gasteiger charge is 2.38. The molecule has 19 heavy (non-hydrogen) atoms. The van der Waals surface area contributed by atoms with Gasteiger partial charge in [0.25, 0.3) is 0 Å². The maximum absolute atomic E-state index is 5.90. The van der Waals surface area contributed by atoms with E-state index in [0.29, 0.717) is 26.2 Å². The second kappa shape index (κ2) is 6.23. The lowest BCUT2D eigenvalue weighted by Gasteiger charge is -2.38. The third-order valence-electron chi connectivity index (χ3n) is 3.25. The molecule has 0 atom stereocenters. The Morgan fingerprint density at radius 2 is 1.95 bits per heavy atom. The van der Waals surface area contributed by atoms with Crippen molar-refractivity contribution in [2.75, 3.05) is 34.0 Å². The Hall–Kier alpha value is -1.30. The van der Waals surface area contributed by atoms with E-state index in [9.17, 15) is 0 Å². The second-order valence-corrected chi connectivity index (χ2v) is 4.41. The molecule has 0 saturated carbocycles. The third-order valence-corrected chi connectivity index (χ3v) is 3.25. The number of benzene rings is 1. The molecule has 0 radical (unpaired) electrons. The molecule has 106 valence electrons. The van der Waals surface area contributed by atoms with Crippen LogP contribution in [-0.2, 0) is 15.3 Å². The van der Waals surface area contributed by atoms with E-state index in [-0.39, 0.29) is 0 Å². The molecular formula is C14H21NO4. The minimum Gasteiger partial charge on any atom is -0.497 e. The zero-order valence-electron chi connectivity index (χ0n) is 11.5. The van der Waals surface area contributed by atoms with Crippen LogP contribution in [0.15, 0.2) is 18.2 Å². The van der Waals surface area contributed by atoms with E-state index in [2.05, 4.69) is 0 Å². The number of ether oxygens (including phenoxy) is 4. The Labute approximate surface area is 113 Å². The maximum atomic E-state index is 5.90. The van der Waals surface area contributed by atoms with Crippen LogP contribution in [0, 0.1) is 0 Å². The Balaban J connectivity index is 2.44. The number of nitrogens with two attached hydrogens (primary N) is 1. The summed E-state index contributed by atoms with van der Waals surface area (Å²) in [5.41, 5.74) is 6.54. The summed E-state index contributed by atoms with van der Waals surface area (Å²) < 4.78 is 22.5. The van der Waals surface area contributed by atoms with Crippen LogP contribution in [0.2, 0.25) is 0 Å². The predicted octanol–water partition coefficient (Wildman–Crippen LogP) is 1.64. The molecule has 0 unspecified atom stereocenters. The van der Waals surface area contributed by atoms with Gasteiger partial charge < -0.3 is 24.7 Å². The predicted molar refractivity (Wildman–Crippen MR) is 71.4 cm³/mol. The molecule has 5 nitrogen and oxygen atoms in total. The van der Waals surface area contributed by atoms with Crippen molar-refractivity contribution in [3.63, 3.8) is 0 Å². The summed E-state index contributed by atoms with van der Waals surface area (Å²) >= 11 is 0. The molecule has 0 aromatic heterocycles. The van der Waals surface area contributed by atoms with Crippen LogP contribution >= 0.6 is 0 Å². The average Bonchev–Trinajstić information content (AvgIpc) is 2.48. The quantitative estimate of drug-likeness (QED) is 0.878. The van der Waals surface area contributed by atoms with Gasteiger partial charge in [0.2, 0.25) is 0 Å². The van der Waals surface area contributed by atoms with Gasteiger partial charge in [-0.15, -0.1) is 0 Å². The summed E-state index contributed by atoms with van der Waals surface area (Å²) in [6, 6.07) is 5.59. The van der Waals surface area contributed by atoms with Gasteiger partial charge in [-0.3, -0.25) is 0 Å². The van der Waals surface area contributed by atoms with Crippen molar-refractivity contribution in [2.45, 2.75) is 18.6 Å². The first-order chi connectivity index (χ1) is 9.25. The summed E-state index contributed by atoms with van der Waals surface area (Å²) in [6.45, 7) is 1.78. The molecule has 2 N–H and O–H groups in total. The molecule has 1 aromatic carbocycles. The zero-order valence-corrected chi connectivity index (χ0v) is 11.5. The summed E-state index contributed by atoms with van der Waals surface area (Å²) in [7, 11) is 3.26. The van der Waals surface area contributed by atoms with Crippen molar-refractivity contribution in [3.8, 4) is 11.5 Å². The van der Waals surface area contributed by atoms with Gasteiger partial charge in [0.1, 0.15) is 11.5 Å². The molecule has 2 rings (SSSR count). The van der Waals surface area contributed by atoms with E-state index in [1.807, 2.05) is 18.2 Å². The van der Waals surface area contributed by atoms with Crippen molar-refractivity contribution in [1.82, 2.24) is 0 Å². The van der Waals surface area contributed by atoms with Crippen LogP contribution in [0.4, 0.5) is 0 Å². The van der Waals surface area contributed by atoms with Gasteiger partial charge in [0, 0.05) is 6.42 Å². The number of hydrogen-bond donors (Lipinski definition) is 1. The van der Waals surface area contributed by atoms with Gasteiger partial charge in [0.05, 0.1) is 33.0 Å². The Morgan fingerprint density at radius 1 is 1.21 bits per heavy atom. The van der Waals surface area contributed by atoms with E-state index in [4.69, 9.17) is 24.7 Å². The van der Waals surface area contributed by atoms with E-state index in [1.165, 1.54) is 0 Å². The molecule has 0 aliphatic carbocycles. The van der Waals surface area contributed by atoms with E-state index >= 15 is 0 Å². The highest BCUT2D eigenvalue weighted by molar-refractivity contribution is 5.43. The first-order valence-corrected chi connectivity index (χ1v) is 6.46. The number of methoxy groups -OCH3 is 2. The minimum atomic E-state index is -0.827. The monoisotopic (exact) mass is 267 g/mol. The lowest BCUT2D eigenvalue weighted by molar-refractivity contribution is -0.279. The van der Waals surface area contributed by atoms with Crippen LogP contribution in [0.1, 0.15) is 18.4 Å². The summed E-state index contributed by atoms with van der Waals surface area (Å²) in [6.07, 6.45) is 1.47. The summed E-state index contributed by atoms with van der Waals surface area (Å²) in [5.74, 6) is 0.633. The van der Waals surface area contributed by atoms with Gasteiger partial charge in [-0.1, -0.05) is 0 Å². The molecule has 0 spiro atoms. The van der Waals surface area contributed by atoms with Gasteiger partial charge in [-0.2, -0.15) is 0 Å². The van der Waals surface area contributed by atoms with Crippen molar-refractivity contribution in [1.29, 1.82) is 0 Å². The van der Waals surface area contributed by atoms with Crippen molar-refractivity contribution >= 4 is 0 Å². The minimum absolute atomic E-state index is 0.473. The third kappa shape index (κ3) is 2.83. The van der Waals surface area contributed by atoms with Crippen molar-refractivity contribution < 1.29 is 18.9 Å². The Bertz CT molecular complexity index is 410. The van der Waals surface area contributed by atoms with Crippen molar-refractivity contribution in [2.24, 2.45) is 5.73 Å². The lowest BCUT2D eigenvalue weighted by Crippen LogP contribution is -2.40. The van der Waals surface area contributed by atoms with Gasteiger partial charge in [-0.05, 0) is 31.2 Å². The summed E-state index contributed by atoms with van der Waals surface area (Å²) in [5, 5.41) is 0. The highest BCUT2D eigenvalue weighted by atomic mass is 16.7. The standard InChI is InChI=1S/C14H21NO4/c1-16-11-4-5-13(17-2)12(10-11)14(6-7-15)18-8-3-9-19-14/h4-5,10H,3,6-9,15H2,1-2H3. The van der Waals surface area contributed by atoms with Crippen LogP contribution in [0.5, 0.6) is 11.5 Å². The van der Waals surface area contributed by atoms with Gasteiger partial charge in [-0.25, -0.2) is 0 Å². The molecule has 1 aromatic rings. The van der Waals surface area contributed by atoms with E-state index < -0.39 is 5.79 Å². The van der Waals surface area contributed by atoms with Crippen molar-refractivity contribution in [3.05, 3.63) is 23.8 Å². The normalized spacial score (nSPS) is 18.1. The second-order valence-electron chi connectivity index (χ2n) is 4.41. The molecule has 1 saturated heterocycles. The average molecular weight is 267 g/mol. The molecular weight excluding hydrogens is 246 g/mol. The SMILES string of the molecule is COc1ccc(OC)c(C2(CCN)OCCCO2)c1. The zero-order chi connectivity index (χ0) is 13.7. The highest BCUT2D eigenvalue weighted by Crippen LogP contribution is 2.40. The number of rotatable bonds is 5. The fourth-order valence-corrected chi connectivity index (χ4v) is 2.31. The van der Waals surface area contributed by atoms with E-state index in [0.717, 1.165) is 23.5 Å².